The topological polar surface area (TPSA) is 159 Å². The number of rotatable bonds is 11. The first-order valence-corrected chi connectivity index (χ1v) is 12.5. The van der Waals surface area contributed by atoms with Gasteiger partial charge in [0.05, 0.1) is 18.4 Å². The first kappa shape index (κ1) is 33.2. The normalized spacial score (nSPS) is 11.4. The Hall–Kier alpha value is -5.01. The number of hydrogen-bond acceptors (Lipinski definition) is 7. The number of nitrogens with two attached hydrogens (primary N) is 1. The van der Waals surface area contributed by atoms with Crippen molar-refractivity contribution in [3.05, 3.63) is 83.7 Å². The van der Waals surface area contributed by atoms with Crippen LogP contribution in [0.5, 0.6) is 11.5 Å². The molecule has 1 unspecified atom stereocenters. The van der Waals surface area contributed by atoms with E-state index in [4.69, 9.17) is 30.5 Å². The summed E-state index contributed by atoms with van der Waals surface area (Å²) < 4.78 is 57.3. The average Bonchev–Trinajstić information content (AvgIpc) is 2.92. The van der Waals surface area contributed by atoms with Gasteiger partial charge >= 0.3 is 12.1 Å². The SMILES string of the molecule is CCOc1cc(C(Nc2ccc(C(=N)N)cc2)C(=O)NNc2ccccc2F)ccc1OC(C)C.O=C(O)C(F)(F)F. The number of ether oxygens (including phenoxy) is 2. The molecule has 0 fully saturated rings. The van der Waals surface area contributed by atoms with Gasteiger partial charge in [0.1, 0.15) is 17.7 Å². The number of carboxylic acid groups (broad SMARTS) is 1. The fraction of sp³-hybridized carbons (Fsp3) is 0.250. The second-order valence-electron chi connectivity index (χ2n) is 8.77. The van der Waals surface area contributed by atoms with Crippen LogP contribution in [0.4, 0.5) is 28.9 Å². The molecule has 3 aromatic carbocycles. The number of nitrogen functional groups attached to an aromatic ring is 1. The lowest BCUT2D eigenvalue weighted by Crippen LogP contribution is -2.37. The number of carbonyl (C=O) groups excluding carboxylic acids is 1. The van der Waals surface area contributed by atoms with Crippen molar-refractivity contribution >= 4 is 29.1 Å². The third kappa shape index (κ3) is 10.2. The number of carboxylic acids is 1. The Balaban J connectivity index is 0.000000782. The van der Waals surface area contributed by atoms with Crippen molar-refractivity contribution in [2.24, 2.45) is 5.73 Å². The molecule has 3 rings (SSSR count). The molecule has 0 aliphatic heterocycles. The highest BCUT2D eigenvalue weighted by atomic mass is 19.4. The quantitative estimate of drug-likeness (QED) is 0.0764. The van der Waals surface area contributed by atoms with E-state index < -0.39 is 29.9 Å². The number of hydrogen-bond donors (Lipinski definition) is 6. The Morgan fingerprint density at radius 3 is 2.17 bits per heavy atom. The number of alkyl halides is 3. The summed E-state index contributed by atoms with van der Waals surface area (Å²) in [4.78, 5) is 22.2. The number of nitrogens with one attached hydrogen (secondary N) is 4. The highest BCUT2D eigenvalue weighted by Crippen LogP contribution is 2.33. The maximum atomic E-state index is 14.0. The summed E-state index contributed by atoms with van der Waals surface area (Å²) in [5.74, 6) is -2.68. The van der Waals surface area contributed by atoms with Crippen LogP contribution in [0.25, 0.3) is 0 Å². The summed E-state index contributed by atoms with van der Waals surface area (Å²) in [6, 6.07) is 17.2. The first-order chi connectivity index (χ1) is 19.7. The van der Waals surface area contributed by atoms with Crippen LogP contribution >= 0.6 is 0 Å². The van der Waals surface area contributed by atoms with E-state index in [0.29, 0.717) is 34.9 Å². The van der Waals surface area contributed by atoms with Crippen molar-refractivity contribution in [3.63, 3.8) is 0 Å². The summed E-state index contributed by atoms with van der Waals surface area (Å²) in [5.41, 5.74) is 12.7. The number of aliphatic carboxylic acids is 1. The lowest BCUT2D eigenvalue weighted by atomic mass is 10.0. The minimum Gasteiger partial charge on any atom is -0.490 e. The van der Waals surface area contributed by atoms with Crippen molar-refractivity contribution in [3.8, 4) is 11.5 Å². The highest BCUT2D eigenvalue weighted by molar-refractivity contribution is 5.95. The second kappa shape index (κ2) is 15.1. The zero-order valence-corrected chi connectivity index (χ0v) is 22.9. The maximum Gasteiger partial charge on any atom is 0.490 e. The Morgan fingerprint density at radius 2 is 1.64 bits per heavy atom. The van der Waals surface area contributed by atoms with Gasteiger partial charge in [0, 0.05) is 11.3 Å². The number of carbonyl (C=O) groups is 2. The van der Waals surface area contributed by atoms with Crippen LogP contribution in [0.3, 0.4) is 0 Å². The Morgan fingerprint density at radius 1 is 1.02 bits per heavy atom. The number of anilines is 2. The minimum absolute atomic E-state index is 0.0537. The molecule has 14 heteroatoms. The lowest BCUT2D eigenvalue weighted by molar-refractivity contribution is -0.192. The van der Waals surface area contributed by atoms with Gasteiger partial charge in [-0.25, -0.2) is 9.18 Å². The minimum atomic E-state index is -5.08. The molecule has 10 nitrogen and oxygen atoms in total. The smallest absolute Gasteiger partial charge is 0.490 e. The number of benzene rings is 3. The van der Waals surface area contributed by atoms with E-state index in [1.807, 2.05) is 20.8 Å². The molecule has 0 saturated heterocycles. The summed E-state index contributed by atoms with van der Waals surface area (Å²) in [7, 11) is 0. The molecule has 0 radical (unpaired) electrons. The molecule has 0 aromatic heterocycles. The van der Waals surface area contributed by atoms with E-state index in [1.54, 1.807) is 54.6 Å². The molecule has 0 spiro atoms. The van der Waals surface area contributed by atoms with E-state index in [1.165, 1.54) is 12.1 Å². The molecule has 0 heterocycles. The van der Waals surface area contributed by atoms with Crippen molar-refractivity contribution in [1.82, 2.24) is 5.43 Å². The average molecular weight is 594 g/mol. The van der Waals surface area contributed by atoms with Gasteiger partial charge in [-0.2, -0.15) is 13.2 Å². The zero-order valence-electron chi connectivity index (χ0n) is 22.9. The molecule has 0 saturated carbocycles. The number of hydrazine groups is 1. The molecule has 1 atom stereocenters. The molecule has 0 aliphatic rings. The van der Waals surface area contributed by atoms with Gasteiger partial charge in [-0.1, -0.05) is 18.2 Å². The Bertz CT molecular complexity index is 1370. The molecule has 0 bridgehead atoms. The fourth-order valence-corrected chi connectivity index (χ4v) is 3.30. The molecule has 7 N–H and O–H groups in total. The number of halogens is 4. The molecule has 3 aromatic rings. The standard InChI is InChI=1S/C26H30FN5O3.C2HF3O2/c1-4-34-23-15-18(11-14-22(23)35-16(2)3)24(30-19-12-9-17(10-13-19)25(28)29)26(33)32-31-21-8-6-5-7-20(21)27;3-2(4,5)1(6)7/h5-16,24,30-31H,4H2,1-3H3,(H3,28,29)(H,32,33);(H,6,7). The number of para-hydroxylation sites is 1. The van der Waals surface area contributed by atoms with E-state index in [-0.39, 0.29) is 17.6 Å². The maximum absolute atomic E-state index is 14.0. The van der Waals surface area contributed by atoms with Gasteiger partial charge in [-0.15, -0.1) is 0 Å². The van der Waals surface area contributed by atoms with Crippen molar-refractivity contribution in [2.45, 2.75) is 39.1 Å². The van der Waals surface area contributed by atoms with Crippen LogP contribution in [0.15, 0.2) is 66.7 Å². The van der Waals surface area contributed by atoms with Crippen LogP contribution < -0.4 is 31.4 Å². The van der Waals surface area contributed by atoms with Gasteiger partial charge in [-0.3, -0.25) is 21.1 Å². The van der Waals surface area contributed by atoms with Gasteiger partial charge in [0.15, 0.2) is 11.5 Å². The van der Waals surface area contributed by atoms with Crippen molar-refractivity contribution < 1.29 is 41.7 Å². The number of amides is 1. The number of amidine groups is 1. The first-order valence-electron chi connectivity index (χ1n) is 12.5. The molecule has 0 aliphatic carbocycles. The zero-order chi connectivity index (χ0) is 31.4. The van der Waals surface area contributed by atoms with Gasteiger partial charge < -0.3 is 25.6 Å². The van der Waals surface area contributed by atoms with Crippen LogP contribution in [-0.4, -0.2) is 41.7 Å². The summed E-state index contributed by atoms with van der Waals surface area (Å²) in [6.45, 7) is 6.12. The van der Waals surface area contributed by atoms with Crippen LogP contribution in [-0.2, 0) is 9.59 Å². The third-order valence-electron chi connectivity index (χ3n) is 5.17. The van der Waals surface area contributed by atoms with Gasteiger partial charge in [0.25, 0.3) is 5.91 Å². The van der Waals surface area contributed by atoms with Crippen molar-refractivity contribution in [1.29, 1.82) is 5.41 Å². The summed E-state index contributed by atoms with van der Waals surface area (Å²) >= 11 is 0. The predicted octanol–water partition coefficient (Wildman–Crippen LogP) is 5.23. The van der Waals surface area contributed by atoms with Crippen LogP contribution in [0, 0.1) is 11.2 Å². The van der Waals surface area contributed by atoms with Crippen molar-refractivity contribution in [2.75, 3.05) is 17.3 Å². The van der Waals surface area contributed by atoms with Gasteiger partial charge in [-0.05, 0) is 74.9 Å². The highest BCUT2D eigenvalue weighted by Gasteiger charge is 2.38. The Kier molecular flexibility index (Phi) is 11.9. The Labute approximate surface area is 239 Å². The molecular weight excluding hydrogens is 562 g/mol. The monoisotopic (exact) mass is 593 g/mol. The third-order valence-corrected chi connectivity index (χ3v) is 5.17. The van der Waals surface area contributed by atoms with Crippen LogP contribution in [0.2, 0.25) is 0 Å². The lowest BCUT2D eigenvalue weighted by Gasteiger charge is -2.22. The second-order valence-corrected chi connectivity index (χ2v) is 8.77. The van der Waals surface area contributed by atoms with E-state index in [9.17, 15) is 22.4 Å². The summed E-state index contributed by atoms with van der Waals surface area (Å²) in [6.07, 6.45) is -5.14. The molecule has 42 heavy (non-hydrogen) atoms. The molecule has 226 valence electrons. The van der Waals surface area contributed by atoms with Gasteiger partial charge in [0.2, 0.25) is 0 Å². The summed E-state index contributed by atoms with van der Waals surface area (Å²) in [5, 5.41) is 17.9. The van der Waals surface area contributed by atoms with Crippen LogP contribution in [0.1, 0.15) is 37.9 Å². The molecule has 1 amide bonds. The van der Waals surface area contributed by atoms with E-state index >= 15 is 0 Å². The fourth-order valence-electron chi connectivity index (χ4n) is 3.30. The van der Waals surface area contributed by atoms with E-state index in [2.05, 4.69) is 16.2 Å². The van der Waals surface area contributed by atoms with E-state index in [0.717, 1.165) is 0 Å². The largest absolute Gasteiger partial charge is 0.490 e. The molecular formula is C28H31F4N5O5. The predicted molar refractivity (Wildman–Crippen MR) is 149 cm³/mol.